The fourth-order valence-electron chi connectivity index (χ4n) is 3.60. The Kier molecular flexibility index (Phi) is 9.64. The lowest BCUT2D eigenvalue weighted by Crippen LogP contribution is -2.21. The van der Waals surface area contributed by atoms with Gasteiger partial charge in [-0.1, -0.05) is 41.4 Å². The molecule has 0 fully saturated rings. The molecule has 0 aliphatic heterocycles. The van der Waals surface area contributed by atoms with Gasteiger partial charge >= 0.3 is 12.1 Å². The third-order valence-electron chi connectivity index (χ3n) is 5.42. The van der Waals surface area contributed by atoms with Gasteiger partial charge in [0.1, 0.15) is 12.4 Å². The lowest BCUT2D eigenvalue weighted by atomic mass is 10.1. The summed E-state index contributed by atoms with van der Waals surface area (Å²) in [5, 5.41) is 18.3. The molecule has 0 unspecified atom stereocenters. The van der Waals surface area contributed by atoms with Crippen LogP contribution in [0.4, 0.5) is 13.2 Å². The maximum Gasteiger partial charge on any atom is 0.490 e. The number of carboxylic acids is 1. The van der Waals surface area contributed by atoms with Crippen molar-refractivity contribution in [1.82, 2.24) is 4.57 Å². The largest absolute Gasteiger partial charge is 0.490 e. The summed E-state index contributed by atoms with van der Waals surface area (Å²) in [6.07, 6.45) is -2.16. The van der Waals surface area contributed by atoms with Crippen LogP contribution in [0.15, 0.2) is 66.9 Å². The van der Waals surface area contributed by atoms with E-state index in [1.54, 1.807) is 12.1 Å². The lowest BCUT2D eigenvalue weighted by molar-refractivity contribution is -0.192. The van der Waals surface area contributed by atoms with E-state index in [1.165, 1.54) is 5.56 Å². The van der Waals surface area contributed by atoms with Crippen molar-refractivity contribution in [2.75, 3.05) is 6.54 Å². The second kappa shape index (κ2) is 12.7. The third-order valence-corrected chi connectivity index (χ3v) is 6.16. The van der Waals surface area contributed by atoms with E-state index in [0.717, 1.165) is 34.2 Å². The van der Waals surface area contributed by atoms with Crippen LogP contribution in [0, 0.1) is 11.3 Å². The van der Waals surface area contributed by atoms with Gasteiger partial charge in [0.05, 0.1) is 21.7 Å². The van der Waals surface area contributed by atoms with E-state index in [-0.39, 0.29) is 0 Å². The molecule has 0 aliphatic rings. The highest BCUT2D eigenvalue weighted by Crippen LogP contribution is 2.29. The number of nitriles is 1. The second-order valence-electron chi connectivity index (χ2n) is 8.15. The minimum atomic E-state index is -5.08. The zero-order valence-corrected chi connectivity index (χ0v) is 21.3. The number of fused-ring (bicyclic) bond motifs is 1. The maximum atomic E-state index is 10.6. The topological polar surface area (TPSA) is 101 Å². The average molecular weight is 564 g/mol. The SMILES string of the molecule is N#Cc1ccc(COc2ccc3c(c2)c(CCN)cn3Cc2ccc(Cl)c(Cl)c2)cc1.O=C(O)C(F)(F)F. The van der Waals surface area contributed by atoms with Crippen LogP contribution >= 0.6 is 23.2 Å². The van der Waals surface area contributed by atoms with Gasteiger partial charge in [0.25, 0.3) is 0 Å². The van der Waals surface area contributed by atoms with Crippen LogP contribution in [0.3, 0.4) is 0 Å². The van der Waals surface area contributed by atoms with Gasteiger partial charge in [0.2, 0.25) is 0 Å². The van der Waals surface area contributed by atoms with Gasteiger partial charge in [-0.3, -0.25) is 0 Å². The van der Waals surface area contributed by atoms with Crippen LogP contribution < -0.4 is 10.5 Å². The average Bonchev–Trinajstić information content (AvgIpc) is 3.21. The van der Waals surface area contributed by atoms with Crippen molar-refractivity contribution in [3.05, 3.63) is 99.2 Å². The Balaban J connectivity index is 0.000000505. The van der Waals surface area contributed by atoms with Crippen molar-refractivity contribution in [2.24, 2.45) is 5.73 Å². The Hall–Kier alpha value is -3.71. The Labute approximate surface area is 226 Å². The molecule has 3 aromatic carbocycles. The first-order valence-corrected chi connectivity index (χ1v) is 11.9. The fourth-order valence-corrected chi connectivity index (χ4v) is 3.92. The molecule has 4 rings (SSSR count). The van der Waals surface area contributed by atoms with Crippen LogP contribution in [0.2, 0.25) is 10.0 Å². The van der Waals surface area contributed by atoms with Crippen LogP contribution in [-0.4, -0.2) is 28.4 Å². The molecule has 38 heavy (non-hydrogen) atoms. The standard InChI is InChI=1S/C25H21Cl2N3O.C2HF3O2/c26-23-7-5-19(11-24(23)27)14-30-15-20(9-10-28)22-12-21(6-8-25(22)30)31-16-18-3-1-17(13-29)2-4-18;3-2(4,5)1(6)7/h1-8,11-12,15H,9-10,14,16,28H2;(H,6,7). The molecule has 198 valence electrons. The molecule has 6 nitrogen and oxygen atoms in total. The van der Waals surface area contributed by atoms with Gasteiger partial charge in [-0.25, -0.2) is 4.79 Å². The summed E-state index contributed by atoms with van der Waals surface area (Å²) in [5.41, 5.74) is 10.9. The van der Waals surface area contributed by atoms with Crippen molar-refractivity contribution < 1.29 is 27.8 Å². The molecule has 0 radical (unpaired) electrons. The van der Waals surface area contributed by atoms with Crippen molar-refractivity contribution >= 4 is 40.1 Å². The van der Waals surface area contributed by atoms with Gasteiger partial charge in [0.15, 0.2) is 0 Å². The van der Waals surface area contributed by atoms with Gasteiger partial charge in [-0.2, -0.15) is 18.4 Å². The Morgan fingerprint density at radius 3 is 2.26 bits per heavy atom. The van der Waals surface area contributed by atoms with Crippen LogP contribution in [0.5, 0.6) is 5.75 Å². The van der Waals surface area contributed by atoms with Crippen molar-refractivity contribution in [3.8, 4) is 11.8 Å². The van der Waals surface area contributed by atoms with E-state index in [4.69, 9.17) is 48.8 Å². The number of alkyl halides is 3. The van der Waals surface area contributed by atoms with Crippen molar-refractivity contribution in [3.63, 3.8) is 0 Å². The number of benzene rings is 3. The highest BCUT2D eigenvalue weighted by Gasteiger charge is 2.38. The first-order chi connectivity index (χ1) is 18.0. The number of halogens is 5. The molecular weight excluding hydrogens is 542 g/mol. The van der Waals surface area contributed by atoms with Gasteiger partial charge < -0.3 is 20.1 Å². The number of hydrogen-bond donors (Lipinski definition) is 2. The Morgan fingerprint density at radius 1 is 1.03 bits per heavy atom. The molecule has 0 spiro atoms. The normalized spacial score (nSPS) is 11.0. The molecule has 0 saturated heterocycles. The van der Waals surface area contributed by atoms with Crippen LogP contribution in [-0.2, 0) is 24.4 Å². The quantitative estimate of drug-likeness (QED) is 0.264. The first kappa shape index (κ1) is 28.9. The number of ether oxygens (including phenoxy) is 1. The minimum absolute atomic E-state index is 0.438. The summed E-state index contributed by atoms with van der Waals surface area (Å²) in [6.45, 7) is 1.69. The second-order valence-corrected chi connectivity index (χ2v) is 8.96. The summed E-state index contributed by atoms with van der Waals surface area (Å²) in [4.78, 5) is 8.90. The predicted octanol–water partition coefficient (Wildman–Crippen LogP) is 6.58. The van der Waals surface area contributed by atoms with Gasteiger partial charge in [-0.15, -0.1) is 0 Å². The maximum absolute atomic E-state index is 10.6. The molecule has 0 bridgehead atoms. The molecule has 0 amide bonds. The first-order valence-electron chi connectivity index (χ1n) is 11.2. The smallest absolute Gasteiger partial charge is 0.489 e. The molecule has 1 heterocycles. The number of nitrogens with zero attached hydrogens (tertiary/aromatic N) is 2. The molecule has 0 atom stereocenters. The molecule has 3 N–H and O–H groups in total. The molecule has 0 aliphatic carbocycles. The molecule has 4 aromatic rings. The van der Waals surface area contributed by atoms with E-state index in [1.807, 2.05) is 36.4 Å². The molecule has 11 heteroatoms. The highest BCUT2D eigenvalue weighted by molar-refractivity contribution is 6.42. The number of carboxylic acid groups (broad SMARTS) is 1. The summed E-state index contributed by atoms with van der Waals surface area (Å²) < 4.78 is 39.9. The van der Waals surface area contributed by atoms with E-state index < -0.39 is 12.1 Å². The Morgan fingerprint density at radius 2 is 1.68 bits per heavy atom. The van der Waals surface area contributed by atoms with E-state index >= 15 is 0 Å². The number of rotatable bonds is 7. The molecule has 0 saturated carbocycles. The van der Waals surface area contributed by atoms with Crippen LogP contribution in [0.1, 0.15) is 22.3 Å². The number of nitrogens with two attached hydrogens (primary N) is 1. The third kappa shape index (κ3) is 7.65. The number of hydrogen-bond acceptors (Lipinski definition) is 4. The zero-order chi connectivity index (χ0) is 27.9. The van der Waals surface area contributed by atoms with E-state index in [2.05, 4.69) is 29.0 Å². The predicted molar refractivity (Wildman–Crippen MR) is 139 cm³/mol. The highest BCUT2D eigenvalue weighted by atomic mass is 35.5. The summed E-state index contributed by atoms with van der Waals surface area (Å²) in [6, 6.07) is 21.3. The minimum Gasteiger partial charge on any atom is -0.489 e. The molecular formula is C27H22Cl2F3N3O3. The van der Waals surface area contributed by atoms with Crippen molar-refractivity contribution in [1.29, 1.82) is 5.26 Å². The zero-order valence-electron chi connectivity index (χ0n) is 19.8. The van der Waals surface area contributed by atoms with E-state index in [9.17, 15) is 13.2 Å². The summed E-state index contributed by atoms with van der Waals surface area (Å²) in [7, 11) is 0. The molecule has 1 aromatic heterocycles. The number of aromatic nitrogens is 1. The fraction of sp³-hybridized carbons (Fsp3) is 0.185. The van der Waals surface area contributed by atoms with Crippen LogP contribution in [0.25, 0.3) is 10.9 Å². The number of aliphatic carboxylic acids is 1. The van der Waals surface area contributed by atoms with Crippen molar-refractivity contribution in [2.45, 2.75) is 25.7 Å². The lowest BCUT2D eigenvalue weighted by Gasteiger charge is -2.09. The van der Waals surface area contributed by atoms with E-state index in [0.29, 0.717) is 35.3 Å². The number of carbonyl (C=O) groups is 1. The summed E-state index contributed by atoms with van der Waals surface area (Å²) >= 11 is 12.2. The monoisotopic (exact) mass is 563 g/mol. The van der Waals surface area contributed by atoms with Gasteiger partial charge in [-0.05, 0) is 72.1 Å². The Bertz CT molecular complexity index is 1460. The summed E-state index contributed by atoms with van der Waals surface area (Å²) in [5.74, 6) is -1.96. The van der Waals surface area contributed by atoms with Gasteiger partial charge in [0, 0.05) is 23.6 Å².